The number of amides is 1. The van der Waals surface area contributed by atoms with Crippen molar-refractivity contribution < 1.29 is 14.3 Å². The average Bonchev–Trinajstić information content (AvgIpc) is 3.23. The topological polar surface area (TPSA) is 52.8 Å². The van der Waals surface area contributed by atoms with Gasteiger partial charge in [0.15, 0.2) is 16.3 Å². The van der Waals surface area contributed by atoms with Crippen molar-refractivity contribution in [2.45, 2.75) is 25.3 Å². The van der Waals surface area contributed by atoms with Crippen LogP contribution in [0, 0.1) is 0 Å². The highest BCUT2D eigenvalue weighted by Gasteiger charge is 2.17. The molecule has 1 aliphatic rings. The molecule has 134 valence electrons. The zero-order chi connectivity index (χ0) is 18.1. The van der Waals surface area contributed by atoms with Crippen LogP contribution in [-0.2, 0) is 6.54 Å². The highest BCUT2D eigenvalue weighted by molar-refractivity contribution is 7.99. The van der Waals surface area contributed by atoms with E-state index in [1.165, 1.54) is 11.3 Å². The summed E-state index contributed by atoms with van der Waals surface area (Å²) in [5, 5.41) is 0. The van der Waals surface area contributed by atoms with Crippen molar-refractivity contribution in [3.63, 3.8) is 0 Å². The lowest BCUT2D eigenvalue weighted by Crippen LogP contribution is -2.15. The molecule has 5 nitrogen and oxygen atoms in total. The van der Waals surface area contributed by atoms with Crippen molar-refractivity contribution in [2.24, 2.45) is 4.99 Å². The number of carbonyl (C=O) groups is 1. The third kappa shape index (κ3) is 3.12. The molecule has 26 heavy (non-hydrogen) atoms. The van der Waals surface area contributed by atoms with Crippen LogP contribution in [0.15, 0.2) is 46.3 Å². The predicted octanol–water partition coefficient (Wildman–Crippen LogP) is 4.30. The van der Waals surface area contributed by atoms with E-state index < -0.39 is 0 Å². The number of thioether (sulfide) groups is 1. The van der Waals surface area contributed by atoms with Gasteiger partial charge in [0.25, 0.3) is 5.91 Å². The lowest BCUT2D eigenvalue weighted by molar-refractivity contribution is 0.0998. The summed E-state index contributed by atoms with van der Waals surface area (Å²) in [6.45, 7) is 5.12. The largest absolute Gasteiger partial charge is 0.454 e. The summed E-state index contributed by atoms with van der Waals surface area (Å²) in [5.74, 6) is 2.25. The first-order valence-electron chi connectivity index (χ1n) is 8.44. The van der Waals surface area contributed by atoms with Crippen LogP contribution in [-0.4, -0.2) is 23.0 Å². The zero-order valence-corrected chi connectivity index (χ0v) is 16.2. The normalized spacial score (nSPS) is 13.5. The van der Waals surface area contributed by atoms with Gasteiger partial charge in [-0.15, -0.1) is 11.8 Å². The first kappa shape index (κ1) is 17.2. The Hall–Kier alpha value is -2.25. The van der Waals surface area contributed by atoms with E-state index in [9.17, 15) is 4.79 Å². The second-order valence-electron chi connectivity index (χ2n) is 5.68. The molecule has 3 aromatic rings. The van der Waals surface area contributed by atoms with Crippen LogP contribution in [0.4, 0.5) is 0 Å². The van der Waals surface area contributed by atoms with Gasteiger partial charge in [-0.05, 0) is 36.9 Å². The maximum atomic E-state index is 12.6. The number of aryl methyl sites for hydroxylation is 1. The summed E-state index contributed by atoms with van der Waals surface area (Å²) in [6.07, 6.45) is 0. The zero-order valence-electron chi connectivity index (χ0n) is 14.5. The number of benzene rings is 2. The van der Waals surface area contributed by atoms with Crippen LogP contribution in [0.1, 0.15) is 24.2 Å². The van der Waals surface area contributed by atoms with Crippen LogP contribution in [0.5, 0.6) is 11.5 Å². The molecule has 0 aliphatic carbocycles. The molecule has 0 bridgehead atoms. The van der Waals surface area contributed by atoms with Gasteiger partial charge in [-0.25, -0.2) is 0 Å². The number of hydrogen-bond acceptors (Lipinski definition) is 5. The Morgan fingerprint density at radius 2 is 1.92 bits per heavy atom. The first-order valence-corrected chi connectivity index (χ1v) is 10.2. The quantitative estimate of drug-likeness (QED) is 0.627. The number of aromatic nitrogens is 1. The molecule has 2 aromatic carbocycles. The minimum absolute atomic E-state index is 0.230. The Balaban J connectivity index is 1.74. The lowest BCUT2D eigenvalue weighted by atomic mass is 10.2. The molecule has 0 spiro atoms. The van der Waals surface area contributed by atoms with Gasteiger partial charge in [0.05, 0.1) is 10.2 Å². The highest BCUT2D eigenvalue weighted by atomic mass is 32.2. The molecule has 0 N–H and O–H groups in total. The Labute approximate surface area is 159 Å². The fourth-order valence-corrected chi connectivity index (χ4v) is 4.63. The van der Waals surface area contributed by atoms with Gasteiger partial charge in [0.1, 0.15) is 0 Å². The fraction of sp³-hybridized carbons (Fsp3) is 0.263. The van der Waals surface area contributed by atoms with Crippen molar-refractivity contribution in [1.82, 2.24) is 4.57 Å². The number of ether oxygens (including phenoxy) is 2. The molecule has 0 fully saturated rings. The fourth-order valence-electron chi connectivity index (χ4n) is 2.86. The second-order valence-corrected chi connectivity index (χ2v) is 8.02. The molecular weight excluding hydrogens is 368 g/mol. The van der Waals surface area contributed by atoms with E-state index in [0.29, 0.717) is 10.4 Å². The average molecular weight is 386 g/mol. The number of carbonyl (C=O) groups excluding carboxylic acids is 1. The molecule has 4 rings (SSSR count). The van der Waals surface area contributed by atoms with Crippen LogP contribution < -0.4 is 14.3 Å². The van der Waals surface area contributed by atoms with Gasteiger partial charge >= 0.3 is 0 Å². The molecule has 2 heterocycles. The molecule has 0 unspecified atom stereocenters. The number of fused-ring (bicyclic) bond motifs is 2. The van der Waals surface area contributed by atoms with Crippen molar-refractivity contribution in [2.75, 3.05) is 12.5 Å². The summed E-state index contributed by atoms with van der Waals surface area (Å²) in [4.78, 5) is 18.8. The number of rotatable bonds is 4. The van der Waals surface area contributed by atoms with E-state index in [4.69, 9.17) is 9.47 Å². The maximum Gasteiger partial charge on any atom is 0.279 e. The maximum absolute atomic E-state index is 12.6. The standard InChI is InChI=1S/C19H18N2O3S2/c1-3-21-14-9-15-16(24-11-23-15)10-17(14)26-19(21)20-18(22)12-5-7-13(8-6-12)25-4-2/h5-10H,3-4,11H2,1-2H3. The van der Waals surface area contributed by atoms with Gasteiger partial charge in [-0.1, -0.05) is 18.3 Å². The molecule has 0 saturated carbocycles. The van der Waals surface area contributed by atoms with Crippen LogP contribution in [0.25, 0.3) is 10.2 Å². The third-order valence-electron chi connectivity index (χ3n) is 4.10. The highest BCUT2D eigenvalue weighted by Crippen LogP contribution is 2.36. The van der Waals surface area contributed by atoms with Gasteiger partial charge in [-0.2, -0.15) is 4.99 Å². The van der Waals surface area contributed by atoms with E-state index in [1.54, 1.807) is 11.8 Å². The molecular formula is C19H18N2O3S2. The monoisotopic (exact) mass is 386 g/mol. The minimum atomic E-state index is -0.230. The summed E-state index contributed by atoms with van der Waals surface area (Å²) in [5.41, 5.74) is 1.60. The first-order chi connectivity index (χ1) is 12.7. The Morgan fingerprint density at radius 1 is 1.19 bits per heavy atom. The number of thiazole rings is 1. The van der Waals surface area contributed by atoms with Crippen molar-refractivity contribution in [3.05, 3.63) is 46.8 Å². The number of hydrogen-bond donors (Lipinski definition) is 0. The van der Waals surface area contributed by atoms with E-state index in [-0.39, 0.29) is 12.7 Å². The van der Waals surface area contributed by atoms with Crippen LogP contribution in [0.3, 0.4) is 0 Å². The molecule has 7 heteroatoms. The minimum Gasteiger partial charge on any atom is -0.454 e. The SMILES string of the molecule is CCSc1ccc(C(=O)N=c2sc3cc4c(cc3n2CC)OCO4)cc1. The Bertz CT molecular complexity index is 1040. The van der Waals surface area contributed by atoms with Crippen LogP contribution >= 0.6 is 23.1 Å². The van der Waals surface area contributed by atoms with E-state index in [0.717, 1.165) is 38.9 Å². The molecule has 0 radical (unpaired) electrons. The van der Waals surface area contributed by atoms with Gasteiger partial charge in [0.2, 0.25) is 6.79 Å². The summed E-state index contributed by atoms with van der Waals surface area (Å²) in [7, 11) is 0. The van der Waals surface area contributed by atoms with Gasteiger partial charge in [-0.3, -0.25) is 4.79 Å². The second kappa shape index (κ2) is 7.17. The van der Waals surface area contributed by atoms with Gasteiger partial charge < -0.3 is 14.0 Å². The van der Waals surface area contributed by atoms with Crippen molar-refractivity contribution in [3.8, 4) is 11.5 Å². The Morgan fingerprint density at radius 3 is 2.62 bits per heavy atom. The molecule has 0 atom stereocenters. The van der Waals surface area contributed by atoms with Gasteiger partial charge in [0, 0.05) is 29.1 Å². The molecule has 1 aliphatic heterocycles. The molecule has 1 amide bonds. The predicted molar refractivity (Wildman–Crippen MR) is 104 cm³/mol. The van der Waals surface area contributed by atoms with Crippen molar-refractivity contribution >= 4 is 39.2 Å². The third-order valence-corrected chi connectivity index (χ3v) is 6.04. The molecule has 1 aromatic heterocycles. The summed E-state index contributed by atoms with van der Waals surface area (Å²) < 4.78 is 14.0. The summed E-state index contributed by atoms with van der Waals surface area (Å²) in [6, 6.07) is 11.5. The van der Waals surface area contributed by atoms with Crippen LogP contribution in [0.2, 0.25) is 0 Å². The lowest BCUT2D eigenvalue weighted by Gasteiger charge is -2.02. The van der Waals surface area contributed by atoms with E-state index in [2.05, 4.69) is 11.9 Å². The van der Waals surface area contributed by atoms with Crippen molar-refractivity contribution in [1.29, 1.82) is 0 Å². The summed E-state index contributed by atoms with van der Waals surface area (Å²) >= 11 is 3.24. The number of nitrogens with zero attached hydrogens (tertiary/aromatic N) is 2. The smallest absolute Gasteiger partial charge is 0.279 e. The van der Waals surface area contributed by atoms with E-state index in [1.807, 2.05) is 47.9 Å². The molecule has 0 saturated heterocycles. The van der Waals surface area contributed by atoms with E-state index >= 15 is 0 Å². The Kier molecular flexibility index (Phi) is 4.74.